The minimum Gasteiger partial charge on any atom is -0.502 e. The van der Waals surface area contributed by atoms with Crippen LogP contribution in [0.1, 0.15) is 26.7 Å². The Balaban J connectivity index is 0.000000460. The zero-order valence-corrected chi connectivity index (χ0v) is 19.1. The number of rotatable bonds is 4. The van der Waals surface area contributed by atoms with Crippen molar-refractivity contribution in [2.45, 2.75) is 26.7 Å². The van der Waals surface area contributed by atoms with Gasteiger partial charge in [0.05, 0.1) is 13.2 Å². The first kappa shape index (κ1) is 26.5. The monoisotopic (exact) mass is 430 g/mol. The minimum absolute atomic E-state index is 0. The number of hydrogen-bond acceptors (Lipinski definition) is 2. The molecule has 1 unspecified atom stereocenters. The van der Waals surface area contributed by atoms with Crippen LogP contribution in [0.15, 0.2) is 5.57 Å². The van der Waals surface area contributed by atoms with Crippen LogP contribution in [-0.2, 0) is 35.7 Å². The maximum absolute atomic E-state index is 5.32. The molecule has 3 rings (SSSR count). The Morgan fingerprint density at radius 1 is 0.885 bits per heavy atom. The Bertz CT molecular complexity index is 337. The van der Waals surface area contributed by atoms with E-state index in [0.29, 0.717) is 0 Å². The summed E-state index contributed by atoms with van der Waals surface area (Å²) >= 11 is 0. The van der Waals surface area contributed by atoms with Gasteiger partial charge in [-0.2, -0.15) is 12.3 Å². The van der Waals surface area contributed by atoms with Crippen molar-refractivity contribution in [3.8, 4) is 0 Å². The number of ether oxygens (including phenoxy) is 2. The van der Waals surface area contributed by atoms with Crippen LogP contribution in [0.5, 0.6) is 0 Å². The van der Waals surface area contributed by atoms with Gasteiger partial charge < -0.3 is 22.5 Å². The maximum Gasteiger partial charge on any atom is 4.00 e. The van der Waals surface area contributed by atoms with Gasteiger partial charge in [0.1, 0.15) is 0 Å². The van der Waals surface area contributed by atoms with E-state index in [9.17, 15) is 0 Å². The molecule has 10 radical (unpaired) electrons. The molecule has 3 saturated carbocycles. The van der Waals surface area contributed by atoms with Crippen molar-refractivity contribution in [3.63, 3.8) is 0 Å². The first-order valence-corrected chi connectivity index (χ1v) is 8.70. The second-order valence-corrected chi connectivity index (χ2v) is 6.93. The topological polar surface area (TPSA) is 18.5 Å². The molecule has 0 spiro atoms. The molecule has 0 aliphatic heterocycles. The molecular formula is C23H32O2Zr+2. The Morgan fingerprint density at radius 3 is 1.46 bits per heavy atom. The normalized spacial score (nSPS) is 28.0. The van der Waals surface area contributed by atoms with Crippen molar-refractivity contribution in [2.24, 2.45) is 10.8 Å². The van der Waals surface area contributed by atoms with E-state index >= 15 is 0 Å². The molecule has 2 nitrogen and oxygen atoms in total. The molecule has 1 atom stereocenters. The van der Waals surface area contributed by atoms with Crippen molar-refractivity contribution in [2.75, 3.05) is 27.4 Å². The van der Waals surface area contributed by atoms with Gasteiger partial charge in [0.25, 0.3) is 0 Å². The van der Waals surface area contributed by atoms with Crippen LogP contribution in [0.2, 0.25) is 0 Å². The molecule has 3 aliphatic rings. The largest absolute Gasteiger partial charge is 4.00 e. The number of allylic oxidation sites excluding steroid dienone is 2. The predicted molar refractivity (Wildman–Crippen MR) is 104 cm³/mol. The average molecular weight is 432 g/mol. The molecule has 26 heavy (non-hydrogen) atoms. The van der Waals surface area contributed by atoms with E-state index in [2.05, 4.69) is 19.9 Å². The van der Waals surface area contributed by atoms with Crippen molar-refractivity contribution >= 4 is 0 Å². The summed E-state index contributed by atoms with van der Waals surface area (Å²) in [6.07, 6.45) is 25.3. The standard InChI is InChI=1S/C13H22O2.2C5H5.Zr/c1-6-11-7-13(9-14-4,10-15-5)8-12(11,2)3;2*1-2-4-5-3-1;/h2,7-10H2,1,3-5H3;2*1-5H;/q-2;;;+4. The van der Waals surface area contributed by atoms with Gasteiger partial charge in [-0.05, 0) is 64.2 Å². The summed E-state index contributed by atoms with van der Waals surface area (Å²) in [7, 11) is 3.49. The molecule has 138 valence electrons. The van der Waals surface area contributed by atoms with Crippen LogP contribution >= 0.6 is 0 Å². The molecule has 0 aromatic carbocycles. The van der Waals surface area contributed by atoms with Crippen LogP contribution in [-0.4, -0.2) is 27.4 Å². The number of hydrogen-bond donors (Lipinski definition) is 0. The smallest absolute Gasteiger partial charge is 0.502 e. The SMILES string of the molecule is [CH2-]C1(C)CC(COC)(COC)CC1=[C-]C.[CH]1[CH][CH][CH][CH]1.[CH]1[CH][CH][CH][CH]1.[Zr+4]. The fourth-order valence-electron chi connectivity index (χ4n) is 3.48. The van der Waals surface area contributed by atoms with Crippen molar-refractivity contribution in [1.29, 1.82) is 0 Å². The van der Waals surface area contributed by atoms with Crippen molar-refractivity contribution in [1.82, 2.24) is 0 Å². The van der Waals surface area contributed by atoms with Crippen LogP contribution in [0.3, 0.4) is 0 Å². The summed E-state index contributed by atoms with van der Waals surface area (Å²) in [6.45, 7) is 9.88. The van der Waals surface area contributed by atoms with E-state index in [1.807, 2.05) is 71.1 Å². The van der Waals surface area contributed by atoms with Gasteiger partial charge in [-0.15, -0.1) is 0 Å². The zero-order valence-electron chi connectivity index (χ0n) is 16.6. The zero-order chi connectivity index (χ0) is 18.6. The molecule has 3 aliphatic carbocycles. The second-order valence-electron chi connectivity index (χ2n) is 6.93. The van der Waals surface area contributed by atoms with Gasteiger partial charge in [-0.25, -0.2) is 0 Å². The fourth-order valence-corrected chi connectivity index (χ4v) is 3.48. The van der Waals surface area contributed by atoms with E-state index in [0.717, 1.165) is 26.1 Å². The first-order chi connectivity index (χ1) is 12.0. The van der Waals surface area contributed by atoms with E-state index in [-0.39, 0.29) is 37.0 Å². The minimum atomic E-state index is -0.00812. The summed E-state index contributed by atoms with van der Waals surface area (Å²) in [5.74, 6) is 0. The molecule has 0 N–H and O–H groups in total. The summed E-state index contributed by atoms with van der Waals surface area (Å²) in [4.78, 5) is 0. The Morgan fingerprint density at radius 2 is 1.23 bits per heavy atom. The first-order valence-electron chi connectivity index (χ1n) is 8.70. The van der Waals surface area contributed by atoms with E-state index in [4.69, 9.17) is 9.47 Å². The molecule has 0 heterocycles. The molecule has 0 amide bonds. The summed E-state index contributed by atoms with van der Waals surface area (Å²) in [5.41, 5.74) is 1.39. The third-order valence-electron chi connectivity index (χ3n) is 4.36. The van der Waals surface area contributed by atoms with Crippen molar-refractivity contribution < 1.29 is 35.7 Å². The molecule has 3 fully saturated rings. The molecule has 3 heteroatoms. The van der Waals surface area contributed by atoms with Gasteiger partial charge in [0.15, 0.2) is 0 Å². The average Bonchev–Trinajstić information content (AvgIpc) is 3.33. The Hall–Kier alpha value is 0.543. The van der Waals surface area contributed by atoms with Gasteiger partial charge in [0.2, 0.25) is 0 Å². The van der Waals surface area contributed by atoms with Gasteiger partial charge >= 0.3 is 26.2 Å². The molecule has 0 aromatic rings. The van der Waals surface area contributed by atoms with Gasteiger partial charge in [0, 0.05) is 19.6 Å². The maximum atomic E-state index is 5.32. The van der Waals surface area contributed by atoms with Gasteiger partial charge in [-0.3, -0.25) is 5.57 Å². The molecule has 0 bridgehead atoms. The summed E-state index contributed by atoms with van der Waals surface area (Å²) in [6, 6.07) is 0. The van der Waals surface area contributed by atoms with Crippen molar-refractivity contribution in [3.05, 3.63) is 82.8 Å². The van der Waals surface area contributed by atoms with Crippen LogP contribution in [0.25, 0.3) is 0 Å². The van der Waals surface area contributed by atoms with Crippen LogP contribution in [0, 0.1) is 88.0 Å². The van der Waals surface area contributed by atoms with E-state index < -0.39 is 0 Å². The Labute approximate surface area is 183 Å². The predicted octanol–water partition coefficient (Wildman–Crippen LogP) is 4.69. The summed E-state index contributed by atoms with van der Waals surface area (Å²) < 4.78 is 10.6. The third-order valence-corrected chi connectivity index (χ3v) is 4.36. The van der Waals surface area contributed by atoms with Crippen LogP contribution < -0.4 is 0 Å². The quantitative estimate of drug-likeness (QED) is 0.601. The molecular weight excluding hydrogens is 399 g/mol. The molecule has 0 saturated heterocycles. The molecule has 0 aromatic heterocycles. The van der Waals surface area contributed by atoms with Crippen LogP contribution in [0.4, 0.5) is 0 Å². The fraction of sp³-hybridized carbons (Fsp3) is 0.435. The second kappa shape index (κ2) is 14.5. The van der Waals surface area contributed by atoms with E-state index in [1.54, 1.807) is 14.2 Å². The van der Waals surface area contributed by atoms with E-state index in [1.165, 1.54) is 5.57 Å². The van der Waals surface area contributed by atoms with Gasteiger partial charge in [-0.1, -0.05) is 19.8 Å². The Kier molecular flexibility index (Phi) is 14.8. The third kappa shape index (κ3) is 9.65. The number of methoxy groups -OCH3 is 2. The summed E-state index contributed by atoms with van der Waals surface area (Å²) in [5, 5.41) is 0.